The molecule has 4 saturated carbocycles. The minimum Gasteiger partial charge on any atom is -0.462 e. The average Bonchev–Trinajstić information content (AvgIpc) is 3.21. The van der Waals surface area contributed by atoms with Crippen molar-refractivity contribution in [1.82, 2.24) is 0 Å². The minimum atomic E-state index is 0.0398. The molecule has 0 N–H and O–H groups in total. The second-order valence-electron chi connectivity index (χ2n) is 15.0. The van der Waals surface area contributed by atoms with Gasteiger partial charge >= 0.3 is 5.97 Å². The predicted molar refractivity (Wildman–Crippen MR) is 152 cm³/mol. The first-order chi connectivity index (χ1) is 17.0. The van der Waals surface area contributed by atoms with Crippen molar-refractivity contribution < 1.29 is 9.53 Å². The summed E-state index contributed by atoms with van der Waals surface area (Å²) in [6, 6.07) is 0. The smallest absolute Gasteiger partial charge is 0.308 e. The Morgan fingerprint density at radius 3 is 2.19 bits per heavy atom. The fourth-order valence-electron chi connectivity index (χ4n) is 10.4. The molecule has 208 valence electrons. The summed E-state index contributed by atoms with van der Waals surface area (Å²) >= 11 is 0. The first kappa shape index (κ1) is 28.5. The van der Waals surface area contributed by atoms with Gasteiger partial charge in [-0.25, -0.2) is 0 Å². The highest BCUT2D eigenvalue weighted by Crippen LogP contribution is 2.68. The van der Waals surface area contributed by atoms with Gasteiger partial charge in [0.05, 0.1) is 5.92 Å². The molecule has 11 atom stereocenters. The van der Waals surface area contributed by atoms with Crippen LogP contribution < -0.4 is 0 Å². The van der Waals surface area contributed by atoms with Gasteiger partial charge in [-0.1, -0.05) is 68.2 Å². The van der Waals surface area contributed by atoms with Crippen molar-refractivity contribution in [1.29, 1.82) is 0 Å². The third-order valence-electron chi connectivity index (χ3n) is 13.1. The Kier molecular flexibility index (Phi) is 8.93. The summed E-state index contributed by atoms with van der Waals surface area (Å²) in [5.74, 6) is 7.19. The quantitative estimate of drug-likeness (QED) is 0.294. The van der Waals surface area contributed by atoms with Gasteiger partial charge in [0.25, 0.3) is 0 Å². The number of carbonyl (C=O) groups is 1. The van der Waals surface area contributed by atoms with Crippen molar-refractivity contribution >= 4 is 5.97 Å². The van der Waals surface area contributed by atoms with Gasteiger partial charge in [0.2, 0.25) is 0 Å². The summed E-state index contributed by atoms with van der Waals surface area (Å²) in [6.07, 6.45) is 17.4. The van der Waals surface area contributed by atoms with Crippen LogP contribution in [0.4, 0.5) is 0 Å². The third-order valence-corrected chi connectivity index (χ3v) is 13.1. The molecule has 11 unspecified atom stereocenters. The number of hydrogen-bond donors (Lipinski definition) is 0. The van der Waals surface area contributed by atoms with E-state index in [1.165, 1.54) is 64.2 Å². The lowest BCUT2D eigenvalue weighted by molar-refractivity contribution is -0.166. The van der Waals surface area contributed by atoms with E-state index in [-0.39, 0.29) is 18.0 Å². The summed E-state index contributed by atoms with van der Waals surface area (Å²) in [4.78, 5) is 12.5. The van der Waals surface area contributed by atoms with Gasteiger partial charge in [-0.05, 0) is 129 Å². The zero-order valence-corrected chi connectivity index (χ0v) is 25.3. The molecule has 0 radical (unpaired) electrons. The average molecular weight is 501 g/mol. The molecule has 0 amide bonds. The highest BCUT2D eigenvalue weighted by atomic mass is 16.5. The number of ether oxygens (including phenoxy) is 1. The van der Waals surface area contributed by atoms with Gasteiger partial charge in [0.15, 0.2) is 0 Å². The molecule has 4 rings (SSSR count). The molecule has 0 aromatic rings. The SMILES string of the molecule is CCC(C)C(=O)OC1CCC2(C)C(CCC3C2CCC2(C)C(C(C)CCC(CC)C(C)C)CCC32)C1. The molecule has 0 heterocycles. The van der Waals surface area contributed by atoms with Crippen LogP contribution >= 0.6 is 0 Å². The second-order valence-corrected chi connectivity index (χ2v) is 15.0. The van der Waals surface area contributed by atoms with Crippen LogP contribution in [0.15, 0.2) is 0 Å². The zero-order valence-electron chi connectivity index (χ0n) is 25.3. The van der Waals surface area contributed by atoms with Gasteiger partial charge in [-0.2, -0.15) is 0 Å². The van der Waals surface area contributed by atoms with Crippen molar-refractivity contribution in [3.63, 3.8) is 0 Å². The van der Waals surface area contributed by atoms with Crippen LogP contribution in [0.25, 0.3) is 0 Å². The fraction of sp³-hybridized carbons (Fsp3) is 0.971. The molecule has 36 heavy (non-hydrogen) atoms. The Morgan fingerprint density at radius 1 is 0.833 bits per heavy atom. The normalized spacial score (nSPS) is 42.7. The Balaban J connectivity index is 1.39. The van der Waals surface area contributed by atoms with Crippen molar-refractivity contribution in [2.45, 2.75) is 145 Å². The monoisotopic (exact) mass is 500 g/mol. The molecule has 0 saturated heterocycles. The van der Waals surface area contributed by atoms with Crippen LogP contribution in [0.5, 0.6) is 0 Å². The summed E-state index contributed by atoms with van der Waals surface area (Å²) < 4.78 is 6.02. The number of carbonyl (C=O) groups excluding carboxylic acids is 1. The largest absolute Gasteiger partial charge is 0.462 e. The van der Waals surface area contributed by atoms with Crippen molar-refractivity contribution in [2.24, 2.45) is 64.1 Å². The van der Waals surface area contributed by atoms with Crippen LogP contribution in [0.1, 0.15) is 139 Å². The lowest BCUT2D eigenvalue weighted by Crippen LogP contribution is -2.54. The van der Waals surface area contributed by atoms with Crippen LogP contribution in [-0.4, -0.2) is 12.1 Å². The van der Waals surface area contributed by atoms with E-state index in [1.54, 1.807) is 0 Å². The Bertz CT molecular complexity index is 743. The van der Waals surface area contributed by atoms with Gasteiger partial charge in [0.1, 0.15) is 6.10 Å². The molecule has 4 fully saturated rings. The molecule has 2 nitrogen and oxygen atoms in total. The number of fused-ring (bicyclic) bond motifs is 5. The van der Waals surface area contributed by atoms with E-state index in [1.807, 2.05) is 6.92 Å². The van der Waals surface area contributed by atoms with Crippen LogP contribution in [0.3, 0.4) is 0 Å². The van der Waals surface area contributed by atoms with E-state index >= 15 is 0 Å². The molecule has 2 heteroatoms. The van der Waals surface area contributed by atoms with E-state index in [4.69, 9.17) is 4.74 Å². The van der Waals surface area contributed by atoms with Crippen LogP contribution in [0, 0.1) is 64.1 Å². The van der Waals surface area contributed by atoms with Crippen molar-refractivity contribution in [3.05, 3.63) is 0 Å². The van der Waals surface area contributed by atoms with Gasteiger partial charge < -0.3 is 4.74 Å². The van der Waals surface area contributed by atoms with Gasteiger partial charge in [-0.3, -0.25) is 4.79 Å². The van der Waals surface area contributed by atoms with Crippen LogP contribution in [-0.2, 0) is 9.53 Å². The maximum Gasteiger partial charge on any atom is 0.308 e. The number of hydrogen-bond acceptors (Lipinski definition) is 2. The molecule has 0 spiro atoms. The Morgan fingerprint density at radius 2 is 1.53 bits per heavy atom. The topological polar surface area (TPSA) is 26.3 Å². The molecule has 4 aliphatic carbocycles. The summed E-state index contributed by atoms with van der Waals surface area (Å²) in [5, 5.41) is 0. The summed E-state index contributed by atoms with van der Waals surface area (Å²) in [5.41, 5.74) is 1.05. The molecular formula is C34H60O2. The Hall–Kier alpha value is -0.530. The van der Waals surface area contributed by atoms with E-state index in [0.717, 1.165) is 66.6 Å². The molecule has 0 bridgehead atoms. The van der Waals surface area contributed by atoms with Crippen molar-refractivity contribution in [3.8, 4) is 0 Å². The Labute approximate surface area is 224 Å². The maximum atomic E-state index is 12.5. The highest BCUT2D eigenvalue weighted by molar-refractivity contribution is 5.72. The molecule has 0 aliphatic heterocycles. The molecule has 0 aromatic carbocycles. The number of esters is 1. The first-order valence-corrected chi connectivity index (χ1v) is 16.3. The highest BCUT2D eigenvalue weighted by Gasteiger charge is 2.60. The third kappa shape index (κ3) is 5.19. The van der Waals surface area contributed by atoms with Gasteiger partial charge in [-0.15, -0.1) is 0 Å². The van der Waals surface area contributed by atoms with Crippen molar-refractivity contribution in [2.75, 3.05) is 0 Å². The first-order valence-electron chi connectivity index (χ1n) is 16.3. The van der Waals surface area contributed by atoms with E-state index in [2.05, 4.69) is 48.5 Å². The van der Waals surface area contributed by atoms with Gasteiger partial charge in [0, 0.05) is 0 Å². The lowest BCUT2D eigenvalue weighted by Gasteiger charge is -2.61. The molecular weight excluding hydrogens is 440 g/mol. The fourth-order valence-corrected chi connectivity index (χ4v) is 10.4. The lowest BCUT2D eigenvalue weighted by atomic mass is 9.44. The summed E-state index contributed by atoms with van der Waals surface area (Å²) in [6.45, 7) is 19.3. The molecule has 0 aromatic heterocycles. The van der Waals surface area contributed by atoms with E-state index in [9.17, 15) is 4.79 Å². The maximum absolute atomic E-state index is 12.5. The number of rotatable bonds is 9. The predicted octanol–water partition coefficient (Wildman–Crippen LogP) is 9.70. The second kappa shape index (κ2) is 11.3. The standard InChI is InChI=1S/C34H60O2/c1-9-23(5)32(35)36-27-17-19-33(7)26(21-27)13-14-28-30-16-15-29(34(30,8)20-18-31(28)33)24(6)11-12-25(10-2)22(3)4/h22-31H,9-21H2,1-8H3. The van der Waals surface area contributed by atoms with E-state index < -0.39 is 0 Å². The molecule has 4 aliphatic rings. The van der Waals surface area contributed by atoms with Crippen LogP contribution in [0.2, 0.25) is 0 Å². The van der Waals surface area contributed by atoms with E-state index in [0.29, 0.717) is 10.8 Å². The minimum absolute atomic E-state index is 0.0398. The zero-order chi connectivity index (χ0) is 26.3. The summed E-state index contributed by atoms with van der Waals surface area (Å²) in [7, 11) is 0.